The number of nitro groups is 1. The van der Waals surface area contributed by atoms with Gasteiger partial charge in [0.05, 0.1) is 10.6 Å². The molecular weight excluding hydrogens is 330 g/mol. The number of rotatable bonds is 6. The normalized spacial score (nSPS) is 11.2. The molecule has 2 rings (SSSR count). The van der Waals surface area contributed by atoms with E-state index in [2.05, 4.69) is 10.5 Å². The van der Waals surface area contributed by atoms with E-state index in [1.54, 1.807) is 24.3 Å². The molecule has 7 nitrogen and oxygen atoms in total. The predicted molar refractivity (Wildman–Crippen MR) is 92.7 cm³/mol. The van der Waals surface area contributed by atoms with Gasteiger partial charge in [0.15, 0.2) is 12.4 Å². The lowest BCUT2D eigenvalue weighted by molar-refractivity contribution is -0.385. The number of nitrogens with zero attached hydrogens (tertiary/aromatic N) is 2. The zero-order valence-corrected chi connectivity index (χ0v) is 14.3. The Balaban J connectivity index is 1.96. The summed E-state index contributed by atoms with van der Waals surface area (Å²) in [5, 5.41) is 14.9. The van der Waals surface area contributed by atoms with Crippen molar-refractivity contribution in [3.63, 3.8) is 0 Å². The summed E-state index contributed by atoms with van der Waals surface area (Å²) in [6.07, 6.45) is 0. The molecule has 0 bridgehead atoms. The summed E-state index contributed by atoms with van der Waals surface area (Å²) < 4.78 is 5.21. The molecule has 24 heavy (non-hydrogen) atoms. The topological polar surface area (TPSA) is 93.8 Å². The highest BCUT2D eigenvalue weighted by molar-refractivity contribution is 7.12. The van der Waals surface area contributed by atoms with Gasteiger partial charge in [-0.3, -0.25) is 14.9 Å². The Morgan fingerprint density at radius 1 is 1.38 bits per heavy atom. The van der Waals surface area contributed by atoms with Gasteiger partial charge in [-0.1, -0.05) is 12.1 Å². The molecule has 1 amide bonds. The van der Waals surface area contributed by atoms with Gasteiger partial charge in [0, 0.05) is 21.4 Å². The highest BCUT2D eigenvalue weighted by atomic mass is 32.1. The highest BCUT2D eigenvalue weighted by Gasteiger charge is 2.15. The average molecular weight is 347 g/mol. The summed E-state index contributed by atoms with van der Waals surface area (Å²) in [5.41, 5.74) is 3.88. The average Bonchev–Trinajstić information content (AvgIpc) is 2.89. The standard InChI is InChI=1S/C16H17N3O4S/c1-10-8-13(12(3)24-10)11(2)17-18-16(20)9-23-15-7-5-4-6-14(15)19(21)22/h4-8H,9H2,1-3H3,(H,18,20)/b17-11-. The van der Waals surface area contributed by atoms with Crippen LogP contribution in [0.4, 0.5) is 5.69 Å². The van der Waals surface area contributed by atoms with Crippen LogP contribution in [0.3, 0.4) is 0 Å². The number of para-hydroxylation sites is 2. The number of hydrogen-bond donors (Lipinski definition) is 1. The van der Waals surface area contributed by atoms with E-state index in [-0.39, 0.29) is 18.0 Å². The van der Waals surface area contributed by atoms with Crippen molar-refractivity contribution >= 4 is 28.6 Å². The van der Waals surface area contributed by atoms with Gasteiger partial charge in [-0.2, -0.15) is 5.10 Å². The Labute approximate surface area is 143 Å². The van der Waals surface area contributed by atoms with Crippen molar-refractivity contribution in [3.8, 4) is 5.75 Å². The van der Waals surface area contributed by atoms with Gasteiger partial charge < -0.3 is 4.74 Å². The van der Waals surface area contributed by atoms with Crippen LogP contribution in [0, 0.1) is 24.0 Å². The maximum absolute atomic E-state index is 11.8. The lowest BCUT2D eigenvalue weighted by Crippen LogP contribution is -2.25. The molecule has 0 saturated heterocycles. The summed E-state index contributed by atoms with van der Waals surface area (Å²) in [6, 6.07) is 7.90. The molecule has 8 heteroatoms. The smallest absolute Gasteiger partial charge is 0.310 e. The van der Waals surface area contributed by atoms with E-state index in [1.165, 1.54) is 23.1 Å². The molecule has 1 N–H and O–H groups in total. The summed E-state index contributed by atoms with van der Waals surface area (Å²) in [7, 11) is 0. The van der Waals surface area contributed by atoms with Crippen LogP contribution in [-0.2, 0) is 4.79 Å². The third-order valence-electron chi connectivity index (χ3n) is 3.20. The third kappa shape index (κ3) is 4.39. The van der Waals surface area contributed by atoms with Crippen LogP contribution in [0.2, 0.25) is 0 Å². The maximum atomic E-state index is 11.8. The Morgan fingerprint density at radius 3 is 2.71 bits per heavy atom. The van der Waals surface area contributed by atoms with E-state index in [1.807, 2.05) is 19.9 Å². The number of nitrogens with one attached hydrogen (secondary N) is 1. The molecule has 0 aliphatic carbocycles. The molecule has 1 aromatic heterocycles. The fraction of sp³-hybridized carbons (Fsp3) is 0.250. The second-order valence-electron chi connectivity index (χ2n) is 5.07. The SMILES string of the molecule is C/C(=N/NC(=O)COc1ccccc1[N+](=O)[O-])c1cc(C)sc1C. The number of hydrogen-bond acceptors (Lipinski definition) is 6. The zero-order chi connectivity index (χ0) is 17.7. The molecule has 2 aromatic rings. The Bertz CT molecular complexity index is 798. The van der Waals surface area contributed by atoms with E-state index in [4.69, 9.17) is 4.74 Å². The van der Waals surface area contributed by atoms with Crippen LogP contribution in [-0.4, -0.2) is 23.1 Å². The number of carbonyl (C=O) groups excluding carboxylic acids is 1. The molecule has 0 aliphatic rings. The minimum Gasteiger partial charge on any atom is -0.477 e. The summed E-state index contributed by atoms with van der Waals surface area (Å²) in [6.45, 7) is 5.44. The van der Waals surface area contributed by atoms with Gasteiger partial charge in [-0.05, 0) is 32.9 Å². The van der Waals surface area contributed by atoms with Crippen molar-refractivity contribution in [1.82, 2.24) is 5.43 Å². The van der Waals surface area contributed by atoms with Crippen LogP contribution < -0.4 is 10.2 Å². The van der Waals surface area contributed by atoms with Crippen molar-refractivity contribution < 1.29 is 14.5 Å². The fourth-order valence-corrected chi connectivity index (χ4v) is 3.08. The van der Waals surface area contributed by atoms with Gasteiger partial charge in [-0.25, -0.2) is 5.43 Å². The van der Waals surface area contributed by atoms with Crippen molar-refractivity contribution in [1.29, 1.82) is 0 Å². The number of thiophene rings is 1. The van der Waals surface area contributed by atoms with Crippen LogP contribution in [0.1, 0.15) is 22.2 Å². The van der Waals surface area contributed by atoms with E-state index in [0.717, 1.165) is 10.4 Å². The van der Waals surface area contributed by atoms with Gasteiger partial charge in [0.1, 0.15) is 0 Å². The maximum Gasteiger partial charge on any atom is 0.310 e. The lowest BCUT2D eigenvalue weighted by atomic mass is 10.2. The molecule has 0 unspecified atom stereocenters. The van der Waals surface area contributed by atoms with Crippen molar-refractivity contribution in [2.45, 2.75) is 20.8 Å². The quantitative estimate of drug-likeness (QED) is 0.493. The number of carbonyl (C=O) groups is 1. The van der Waals surface area contributed by atoms with E-state index >= 15 is 0 Å². The van der Waals surface area contributed by atoms with E-state index < -0.39 is 10.8 Å². The zero-order valence-electron chi connectivity index (χ0n) is 13.5. The second-order valence-corrected chi connectivity index (χ2v) is 6.53. The molecule has 0 aliphatic heterocycles. The van der Waals surface area contributed by atoms with E-state index in [9.17, 15) is 14.9 Å². The van der Waals surface area contributed by atoms with Gasteiger partial charge >= 0.3 is 5.69 Å². The molecule has 0 saturated carbocycles. The van der Waals surface area contributed by atoms with E-state index in [0.29, 0.717) is 5.71 Å². The largest absolute Gasteiger partial charge is 0.477 e. The summed E-state index contributed by atoms with van der Waals surface area (Å²) >= 11 is 1.66. The molecule has 0 atom stereocenters. The Hall–Kier alpha value is -2.74. The number of aryl methyl sites for hydroxylation is 2. The van der Waals surface area contributed by atoms with Gasteiger partial charge in [0.2, 0.25) is 0 Å². The monoisotopic (exact) mass is 347 g/mol. The van der Waals surface area contributed by atoms with Gasteiger partial charge in [0.25, 0.3) is 5.91 Å². The number of ether oxygens (including phenoxy) is 1. The molecule has 0 fully saturated rings. The molecule has 126 valence electrons. The third-order valence-corrected chi connectivity index (χ3v) is 4.17. The van der Waals surface area contributed by atoms with Crippen LogP contribution in [0.25, 0.3) is 0 Å². The summed E-state index contributed by atoms with van der Waals surface area (Å²) in [5.74, 6) is -0.445. The molecular formula is C16H17N3O4S. The number of nitro benzene ring substituents is 1. The van der Waals surface area contributed by atoms with Crippen LogP contribution >= 0.6 is 11.3 Å². The first-order valence-corrected chi connectivity index (χ1v) is 7.97. The van der Waals surface area contributed by atoms with Crippen molar-refractivity contribution in [3.05, 3.63) is 55.8 Å². The minimum atomic E-state index is -0.558. The molecule has 0 radical (unpaired) electrons. The summed E-state index contributed by atoms with van der Waals surface area (Å²) in [4.78, 5) is 24.4. The fourth-order valence-electron chi connectivity index (χ4n) is 2.10. The number of hydrazone groups is 1. The molecule has 0 spiro atoms. The second kappa shape index (κ2) is 7.69. The molecule has 1 heterocycles. The first-order chi connectivity index (χ1) is 11.4. The Morgan fingerprint density at radius 2 is 2.08 bits per heavy atom. The Kier molecular flexibility index (Phi) is 5.64. The van der Waals surface area contributed by atoms with Crippen LogP contribution in [0.15, 0.2) is 35.4 Å². The lowest BCUT2D eigenvalue weighted by Gasteiger charge is -2.06. The first-order valence-electron chi connectivity index (χ1n) is 7.15. The van der Waals surface area contributed by atoms with Crippen molar-refractivity contribution in [2.75, 3.05) is 6.61 Å². The van der Waals surface area contributed by atoms with Crippen molar-refractivity contribution in [2.24, 2.45) is 5.10 Å². The first kappa shape index (κ1) is 17.6. The minimum absolute atomic E-state index is 0.0441. The predicted octanol–water partition coefficient (Wildman–Crippen LogP) is 3.19. The number of amides is 1. The molecule has 1 aromatic carbocycles. The highest BCUT2D eigenvalue weighted by Crippen LogP contribution is 2.25. The number of benzene rings is 1. The van der Waals surface area contributed by atoms with Crippen LogP contribution in [0.5, 0.6) is 5.75 Å². The van der Waals surface area contributed by atoms with Gasteiger partial charge in [-0.15, -0.1) is 11.3 Å².